The molecule has 3 saturated heterocycles. The number of hydrogen-bond donors (Lipinski definition) is 5. The van der Waals surface area contributed by atoms with Gasteiger partial charge in [0.05, 0.1) is 72.8 Å². The lowest BCUT2D eigenvalue weighted by atomic mass is 9.91. The number of nitrogens with zero attached hydrogens (tertiary/aromatic N) is 12. The molecule has 3 aromatic heterocycles. The number of rotatable bonds is 24. The van der Waals surface area contributed by atoms with Crippen molar-refractivity contribution in [3.63, 3.8) is 0 Å². The number of carbonyl (C=O) groups excluding carboxylic acids is 5. The summed E-state index contributed by atoms with van der Waals surface area (Å²) >= 11 is 21.2. The lowest BCUT2D eigenvalue weighted by Crippen LogP contribution is -2.51. The minimum atomic E-state index is -0.816. The van der Waals surface area contributed by atoms with Crippen molar-refractivity contribution >= 4 is 116 Å². The quantitative estimate of drug-likeness (QED) is 0.0213. The van der Waals surface area contributed by atoms with Crippen LogP contribution < -0.4 is 20.4 Å². The summed E-state index contributed by atoms with van der Waals surface area (Å²) in [6, 6.07) is 22.1. The average Bonchev–Trinajstić information content (AvgIpc) is 1.62. The van der Waals surface area contributed by atoms with E-state index in [1.807, 2.05) is 63.2 Å². The van der Waals surface area contributed by atoms with Gasteiger partial charge in [-0.2, -0.15) is 0 Å². The number of halogens is 5. The van der Waals surface area contributed by atoms with Gasteiger partial charge in [0.25, 0.3) is 0 Å². The first-order valence-electron chi connectivity index (χ1n) is 37.3. The summed E-state index contributed by atoms with van der Waals surface area (Å²) in [6.45, 7) is 18.6. The SMILES string of the molecule is CCOC(=O)CCBr.CCOC(=O)CCCC[C@@H](C(=O)N1CCN(c2ncnc3c2[C@H](C)C[C@H]3O)CC1)c1ccc(Cl)cc1.C[C@@H]1C[C@@H](O)c2ncnc(N3CCN(C(=O)[C@H](CCCCC(=O)O)c4ccc(Cl)cc4)CC3)c21.C[C@@H]1C[C@@H](O)c2ncnc(N3CCN(C(=O)[C@H](CN)c4ccc(Cl)cc4)CC3)c21.Cl. The molecule has 9 atom stereocenters. The van der Waals surface area contributed by atoms with Crippen LogP contribution in [0.15, 0.2) is 91.8 Å². The van der Waals surface area contributed by atoms with Crippen molar-refractivity contribution in [2.45, 2.75) is 165 Å². The van der Waals surface area contributed by atoms with Crippen LogP contribution in [-0.2, 0) is 38.2 Å². The number of ether oxygens (including phenoxy) is 2. The molecule has 0 radical (unpaired) electrons. The highest BCUT2D eigenvalue weighted by molar-refractivity contribution is 9.09. The van der Waals surface area contributed by atoms with Crippen LogP contribution in [-0.4, -0.2) is 204 Å². The molecule has 586 valence electrons. The fourth-order valence-electron chi connectivity index (χ4n) is 15.1. The van der Waals surface area contributed by atoms with Gasteiger partial charge in [-0.15, -0.1) is 12.4 Å². The van der Waals surface area contributed by atoms with E-state index < -0.39 is 24.3 Å². The maximum Gasteiger partial charge on any atom is 0.306 e. The molecule has 30 heteroatoms. The van der Waals surface area contributed by atoms with Crippen molar-refractivity contribution in [1.82, 2.24) is 44.6 Å². The Balaban J connectivity index is 0.000000194. The smallest absolute Gasteiger partial charge is 0.306 e. The lowest BCUT2D eigenvalue weighted by molar-refractivity contribution is -0.143. The van der Waals surface area contributed by atoms with E-state index in [1.54, 1.807) is 38.1 Å². The second kappa shape index (κ2) is 42.1. The van der Waals surface area contributed by atoms with Crippen LogP contribution in [0.5, 0.6) is 0 Å². The maximum atomic E-state index is 13.7. The van der Waals surface area contributed by atoms with Gasteiger partial charge in [-0.3, -0.25) is 28.8 Å². The summed E-state index contributed by atoms with van der Waals surface area (Å²) in [5.74, 6) is 1.35. The number of benzene rings is 3. The number of fused-ring (bicyclic) bond motifs is 3. The number of aliphatic carboxylic acids is 1. The van der Waals surface area contributed by atoms with E-state index in [9.17, 15) is 44.1 Å². The molecule has 0 saturated carbocycles. The molecule has 0 spiro atoms. The summed E-state index contributed by atoms with van der Waals surface area (Å²) in [7, 11) is 0. The predicted molar refractivity (Wildman–Crippen MR) is 422 cm³/mol. The van der Waals surface area contributed by atoms with Crippen molar-refractivity contribution in [3.05, 3.63) is 157 Å². The topological polar surface area (TPSA) is 325 Å². The van der Waals surface area contributed by atoms with Crippen LogP contribution in [0, 0.1) is 0 Å². The van der Waals surface area contributed by atoms with Crippen LogP contribution in [0.1, 0.15) is 216 Å². The maximum absolute atomic E-state index is 13.7. The molecule has 6 aliphatic rings. The first kappa shape index (κ1) is 86.2. The molecular formula is C78H102BrCl4N13O12. The van der Waals surface area contributed by atoms with Crippen molar-refractivity contribution in [2.75, 3.05) is 118 Å². The molecule has 25 nitrogen and oxygen atoms in total. The first-order valence-corrected chi connectivity index (χ1v) is 39.5. The molecule has 0 bridgehead atoms. The van der Waals surface area contributed by atoms with Gasteiger partial charge in [-0.1, -0.05) is 121 Å². The van der Waals surface area contributed by atoms with Crippen molar-refractivity contribution in [2.24, 2.45) is 5.73 Å². The number of carboxylic acids is 1. The second-order valence-corrected chi connectivity index (χ2v) is 30.0. The fraction of sp³-hybridized carbons (Fsp3) is 0.538. The molecular weight excluding hydrogens is 1530 g/mol. The summed E-state index contributed by atoms with van der Waals surface area (Å²) < 4.78 is 9.63. The molecule has 108 heavy (non-hydrogen) atoms. The highest BCUT2D eigenvalue weighted by Gasteiger charge is 2.39. The highest BCUT2D eigenvalue weighted by Crippen LogP contribution is 2.46. The molecule has 3 aliphatic heterocycles. The number of carbonyl (C=O) groups is 6. The van der Waals surface area contributed by atoms with Crippen LogP contribution in [0.4, 0.5) is 17.5 Å². The number of alkyl halides is 1. The van der Waals surface area contributed by atoms with Gasteiger partial charge in [-0.05, 0) is 130 Å². The Kier molecular flexibility index (Phi) is 33.6. The Morgan fingerprint density at radius 3 is 1.06 bits per heavy atom. The number of nitrogens with two attached hydrogens (primary N) is 1. The van der Waals surface area contributed by atoms with E-state index in [0.717, 1.165) is 74.3 Å². The van der Waals surface area contributed by atoms with E-state index >= 15 is 0 Å². The Labute approximate surface area is 662 Å². The third kappa shape index (κ3) is 22.7. The minimum Gasteiger partial charge on any atom is -0.481 e. The van der Waals surface area contributed by atoms with E-state index in [0.29, 0.717) is 176 Å². The number of aliphatic hydroxyl groups is 3. The Morgan fingerprint density at radius 2 is 0.759 bits per heavy atom. The number of piperazine rings is 3. The van der Waals surface area contributed by atoms with Gasteiger partial charge in [0, 0.05) is 135 Å². The van der Waals surface area contributed by atoms with Gasteiger partial charge in [-0.25, -0.2) is 29.9 Å². The number of aromatic nitrogens is 6. The van der Waals surface area contributed by atoms with E-state index in [4.69, 9.17) is 50.4 Å². The van der Waals surface area contributed by atoms with Gasteiger partial charge >= 0.3 is 17.9 Å². The zero-order valence-electron chi connectivity index (χ0n) is 62.1. The summed E-state index contributed by atoms with van der Waals surface area (Å²) in [5, 5.41) is 42.4. The largest absolute Gasteiger partial charge is 0.481 e. The highest BCUT2D eigenvalue weighted by atomic mass is 79.9. The van der Waals surface area contributed by atoms with Crippen LogP contribution in [0.3, 0.4) is 0 Å². The van der Waals surface area contributed by atoms with E-state index in [1.165, 1.54) is 19.0 Å². The normalized spacial score (nSPS) is 20.0. The second-order valence-electron chi connectivity index (χ2n) is 27.9. The molecule has 3 amide bonds. The molecule has 3 aliphatic carbocycles. The molecule has 6 aromatic rings. The Morgan fingerprint density at radius 1 is 0.463 bits per heavy atom. The number of carboxylic acid groups (broad SMARTS) is 1. The van der Waals surface area contributed by atoms with Gasteiger partial charge in [0.15, 0.2) is 0 Å². The molecule has 3 aromatic carbocycles. The third-order valence-corrected chi connectivity index (χ3v) is 21.8. The van der Waals surface area contributed by atoms with Crippen LogP contribution in [0.2, 0.25) is 15.1 Å². The zero-order chi connectivity index (χ0) is 76.8. The first-order chi connectivity index (χ1) is 51.5. The molecule has 6 N–H and O–H groups in total. The number of hydrogen-bond acceptors (Lipinski definition) is 21. The van der Waals surface area contributed by atoms with Crippen molar-refractivity contribution in [3.8, 4) is 0 Å². The lowest BCUT2D eigenvalue weighted by Gasteiger charge is -2.38. The van der Waals surface area contributed by atoms with Crippen molar-refractivity contribution < 1.29 is 58.7 Å². The third-order valence-electron chi connectivity index (χ3n) is 20.6. The number of unbranched alkanes of at least 4 members (excludes halogenated alkanes) is 2. The van der Waals surface area contributed by atoms with Gasteiger partial charge < -0.3 is 65.0 Å². The molecule has 0 unspecified atom stereocenters. The average molecular weight is 1640 g/mol. The summed E-state index contributed by atoms with van der Waals surface area (Å²) in [6.07, 6.45) is 9.82. The standard InChI is InChI=1S/C27H35ClN4O4.C25H31ClN4O4.C21H26ClN5O2.C5H9BrO2.ClH/c1-3-36-23(34)7-5-4-6-21(19-8-10-20(28)11-9-19)27(35)32-14-12-31(13-15-32)26-24-18(2)16-22(33)25(24)29-17-30-26;1-16-14-20(31)23-22(16)24(28-15-27-23)29-10-12-30(13-11-29)25(34)19(4-2-3-5-21(32)33)17-6-8-18(26)9-7-17;1-13-10-17(28)19-18(13)20(25-12-24-19)26-6-8-27(9-7-26)21(29)16(11-23)14-2-4-15(22)5-3-14;1-2-8-5(7)3-4-6;/h8-11,17-18,21-22,33H,3-7,12-16H2,1-2H3;6-9,15-16,19-20,31H,2-5,10-14H2,1H3,(H,32,33);2-5,12-13,16-17,28H,6-11,23H2,1H3;2-4H2,1H3;1H/t18-,21-,22-;16-,19-,20-;13-,16-,17-;;/m111../s1. The number of anilines is 3. The van der Waals surface area contributed by atoms with Gasteiger partial charge in [0.1, 0.15) is 36.4 Å². The summed E-state index contributed by atoms with van der Waals surface area (Å²) in [5.41, 5.74) is 14.0. The zero-order valence-corrected chi connectivity index (χ0v) is 66.7. The van der Waals surface area contributed by atoms with E-state index in [-0.39, 0.29) is 90.5 Å². The molecule has 6 heterocycles. The molecule has 3 fully saturated rings. The monoisotopic (exact) mass is 1630 g/mol. The number of esters is 2. The fourth-order valence-corrected chi connectivity index (χ4v) is 15.8. The predicted octanol–water partition coefficient (Wildman–Crippen LogP) is 11.8. The van der Waals surface area contributed by atoms with Crippen LogP contribution >= 0.6 is 63.1 Å². The minimum absolute atomic E-state index is 0. The number of aliphatic hydroxyl groups excluding tert-OH is 3. The number of amides is 3. The van der Waals surface area contributed by atoms with Crippen LogP contribution in [0.25, 0.3) is 0 Å². The van der Waals surface area contributed by atoms with E-state index in [2.05, 4.69) is 86.0 Å². The Hall–Kier alpha value is -7.40. The summed E-state index contributed by atoms with van der Waals surface area (Å²) in [4.78, 5) is 112. The Bertz CT molecular complexity index is 3920. The molecule has 12 rings (SSSR count). The van der Waals surface area contributed by atoms with Gasteiger partial charge in [0.2, 0.25) is 17.7 Å². The van der Waals surface area contributed by atoms with Crippen molar-refractivity contribution in [1.29, 1.82) is 0 Å².